The van der Waals surface area contributed by atoms with Crippen LogP contribution in [0.25, 0.3) is 0 Å². The SMILES string of the molecule is CC1(C(N)=O)CCN(c2cc(S(N)(=O)=O)ccc2N)C1. The Bertz CT molecular complexity index is 659. The van der Waals surface area contributed by atoms with Gasteiger partial charge in [0.15, 0.2) is 0 Å². The molecule has 0 aliphatic carbocycles. The highest BCUT2D eigenvalue weighted by atomic mass is 32.2. The van der Waals surface area contributed by atoms with Crippen LogP contribution in [0.5, 0.6) is 0 Å². The van der Waals surface area contributed by atoms with Gasteiger partial charge in [-0.2, -0.15) is 0 Å². The minimum absolute atomic E-state index is 0.00521. The molecule has 0 radical (unpaired) electrons. The average molecular weight is 298 g/mol. The van der Waals surface area contributed by atoms with E-state index in [1.54, 1.807) is 6.92 Å². The molecule has 1 aliphatic rings. The molecule has 1 heterocycles. The number of nitrogen functional groups attached to an aromatic ring is 1. The summed E-state index contributed by atoms with van der Waals surface area (Å²) < 4.78 is 22.8. The molecule has 1 unspecified atom stereocenters. The first-order valence-electron chi connectivity index (χ1n) is 6.11. The lowest BCUT2D eigenvalue weighted by Crippen LogP contribution is -2.37. The summed E-state index contributed by atoms with van der Waals surface area (Å²) in [6.07, 6.45) is 0.599. The van der Waals surface area contributed by atoms with Crippen molar-refractivity contribution in [2.24, 2.45) is 16.3 Å². The Kier molecular flexibility index (Phi) is 3.39. The first-order chi connectivity index (χ1) is 9.13. The number of carbonyl (C=O) groups excluding carboxylic acids is 1. The van der Waals surface area contributed by atoms with E-state index in [4.69, 9.17) is 16.6 Å². The maximum atomic E-state index is 11.5. The van der Waals surface area contributed by atoms with E-state index < -0.39 is 15.4 Å². The van der Waals surface area contributed by atoms with Crippen LogP contribution in [0.2, 0.25) is 0 Å². The van der Waals surface area contributed by atoms with Crippen LogP contribution in [0.3, 0.4) is 0 Å². The number of nitrogens with two attached hydrogens (primary N) is 3. The fourth-order valence-electron chi connectivity index (χ4n) is 2.34. The summed E-state index contributed by atoms with van der Waals surface area (Å²) in [5.74, 6) is -0.374. The van der Waals surface area contributed by atoms with Crippen molar-refractivity contribution in [1.29, 1.82) is 0 Å². The van der Waals surface area contributed by atoms with Gasteiger partial charge in [-0.05, 0) is 31.5 Å². The van der Waals surface area contributed by atoms with Crippen molar-refractivity contribution in [2.75, 3.05) is 23.7 Å². The number of hydrogen-bond donors (Lipinski definition) is 3. The number of hydrogen-bond acceptors (Lipinski definition) is 5. The van der Waals surface area contributed by atoms with E-state index in [1.807, 2.05) is 4.90 Å². The molecule has 1 aliphatic heterocycles. The van der Waals surface area contributed by atoms with Crippen LogP contribution in [-0.2, 0) is 14.8 Å². The van der Waals surface area contributed by atoms with E-state index in [0.717, 1.165) is 0 Å². The van der Waals surface area contributed by atoms with Gasteiger partial charge in [0.1, 0.15) is 0 Å². The summed E-state index contributed by atoms with van der Waals surface area (Å²) in [5, 5.41) is 5.11. The van der Waals surface area contributed by atoms with Crippen molar-refractivity contribution in [3.05, 3.63) is 18.2 Å². The van der Waals surface area contributed by atoms with Gasteiger partial charge in [-0.1, -0.05) is 0 Å². The van der Waals surface area contributed by atoms with Crippen molar-refractivity contribution in [3.8, 4) is 0 Å². The van der Waals surface area contributed by atoms with Crippen molar-refractivity contribution in [1.82, 2.24) is 0 Å². The molecule has 1 aromatic rings. The van der Waals surface area contributed by atoms with Crippen molar-refractivity contribution < 1.29 is 13.2 Å². The van der Waals surface area contributed by atoms with E-state index in [1.165, 1.54) is 18.2 Å². The molecule has 1 saturated heterocycles. The lowest BCUT2D eigenvalue weighted by atomic mass is 9.89. The smallest absolute Gasteiger partial charge is 0.238 e. The van der Waals surface area contributed by atoms with E-state index in [-0.39, 0.29) is 10.8 Å². The molecule has 110 valence electrons. The molecule has 7 nitrogen and oxygen atoms in total. The number of benzene rings is 1. The Labute approximate surface area is 117 Å². The Morgan fingerprint density at radius 1 is 1.40 bits per heavy atom. The van der Waals surface area contributed by atoms with Crippen LogP contribution in [-0.4, -0.2) is 27.4 Å². The summed E-state index contributed by atoms with van der Waals surface area (Å²) in [5.41, 5.74) is 11.6. The van der Waals surface area contributed by atoms with Gasteiger partial charge in [0.05, 0.1) is 21.7 Å². The standard InChI is InChI=1S/C12H18N4O3S/c1-12(11(14)17)4-5-16(7-12)10-6-8(20(15,18)19)2-3-9(10)13/h2-3,6H,4-5,7,13H2,1H3,(H2,14,17)(H2,15,18,19). The number of sulfonamides is 1. The van der Waals surface area contributed by atoms with Crippen molar-refractivity contribution in [3.63, 3.8) is 0 Å². The summed E-state index contributed by atoms with van der Waals surface area (Å²) in [4.78, 5) is 13.3. The quantitative estimate of drug-likeness (QED) is 0.654. The number of nitrogens with zero attached hydrogens (tertiary/aromatic N) is 1. The number of carbonyl (C=O) groups is 1. The molecule has 0 bridgehead atoms. The molecule has 0 aromatic heterocycles. The molecule has 0 spiro atoms. The van der Waals surface area contributed by atoms with Crippen LogP contribution in [0, 0.1) is 5.41 Å². The van der Waals surface area contributed by atoms with Crippen LogP contribution in [0.4, 0.5) is 11.4 Å². The highest BCUT2D eigenvalue weighted by molar-refractivity contribution is 7.89. The summed E-state index contributed by atoms with van der Waals surface area (Å²) >= 11 is 0. The van der Waals surface area contributed by atoms with Crippen LogP contribution >= 0.6 is 0 Å². The maximum Gasteiger partial charge on any atom is 0.238 e. The molecule has 0 saturated carbocycles. The zero-order valence-corrected chi connectivity index (χ0v) is 12.0. The molecule has 1 atom stereocenters. The second-order valence-electron chi connectivity index (χ2n) is 5.36. The van der Waals surface area contributed by atoms with E-state index >= 15 is 0 Å². The highest BCUT2D eigenvalue weighted by Crippen LogP contribution is 2.36. The predicted molar refractivity (Wildman–Crippen MR) is 76.4 cm³/mol. The van der Waals surface area contributed by atoms with E-state index in [2.05, 4.69) is 0 Å². The zero-order valence-electron chi connectivity index (χ0n) is 11.2. The second-order valence-corrected chi connectivity index (χ2v) is 6.92. The van der Waals surface area contributed by atoms with E-state index in [0.29, 0.717) is 30.9 Å². The number of primary sulfonamides is 1. The average Bonchev–Trinajstić information content (AvgIpc) is 2.72. The lowest BCUT2D eigenvalue weighted by Gasteiger charge is -2.24. The largest absolute Gasteiger partial charge is 0.397 e. The van der Waals surface area contributed by atoms with Gasteiger partial charge in [0.25, 0.3) is 0 Å². The Morgan fingerprint density at radius 2 is 2.05 bits per heavy atom. The van der Waals surface area contributed by atoms with E-state index in [9.17, 15) is 13.2 Å². The van der Waals surface area contributed by atoms with Gasteiger partial charge in [-0.25, -0.2) is 13.6 Å². The third-order valence-corrected chi connectivity index (χ3v) is 4.65. The molecule has 1 aromatic carbocycles. The minimum Gasteiger partial charge on any atom is -0.397 e. The lowest BCUT2D eigenvalue weighted by molar-refractivity contribution is -0.125. The van der Waals surface area contributed by atoms with Gasteiger partial charge in [0.2, 0.25) is 15.9 Å². The van der Waals surface area contributed by atoms with Crippen LogP contribution in [0.15, 0.2) is 23.1 Å². The number of rotatable bonds is 3. The summed E-state index contributed by atoms with van der Waals surface area (Å²) in [6.45, 7) is 2.77. The number of anilines is 2. The molecule has 20 heavy (non-hydrogen) atoms. The third-order valence-electron chi connectivity index (χ3n) is 3.74. The van der Waals surface area contributed by atoms with Crippen molar-refractivity contribution >= 4 is 27.3 Å². The Hall–Kier alpha value is -1.80. The van der Waals surface area contributed by atoms with Crippen LogP contribution in [0.1, 0.15) is 13.3 Å². The first kappa shape index (κ1) is 14.6. The van der Waals surface area contributed by atoms with Gasteiger partial charge < -0.3 is 16.4 Å². The fraction of sp³-hybridized carbons (Fsp3) is 0.417. The molecule has 6 N–H and O–H groups in total. The maximum absolute atomic E-state index is 11.5. The van der Waals surface area contributed by atoms with Gasteiger partial charge >= 0.3 is 0 Å². The highest BCUT2D eigenvalue weighted by Gasteiger charge is 2.39. The molecule has 2 rings (SSSR count). The minimum atomic E-state index is -3.79. The number of amides is 1. The number of primary amides is 1. The topological polar surface area (TPSA) is 133 Å². The molecular formula is C12H18N4O3S. The summed E-state index contributed by atoms with van der Waals surface area (Å²) in [7, 11) is -3.79. The monoisotopic (exact) mass is 298 g/mol. The molecule has 1 fully saturated rings. The van der Waals surface area contributed by atoms with Gasteiger partial charge in [-0.15, -0.1) is 0 Å². The zero-order chi connectivity index (χ0) is 15.1. The molecule has 1 amide bonds. The van der Waals surface area contributed by atoms with Crippen LogP contribution < -0.4 is 21.5 Å². The Morgan fingerprint density at radius 3 is 2.55 bits per heavy atom. The first-order valence-corrected chi connectivity index (χ1v) is 7.65. The fourth-order valence-corrected chi connectivity index (χ4v) is 2.88. The summed E-state index contributed by atoms with van der Waals surface area (Å²) in [6, 6.07) is 4.28. The predicted octanol–water partition coefficient (Wildman–Crippen LogP) is -0.382. The molecule has 8 heteroatoms. The Balaban J connectivity index is 2.38. The second kappa shape index (κ2) is 4.64. The van der Waals surface area contributed by atoms with Gasteiger partial charge in [0, 0.05) is 13.1 Å². The van der Waals surface area contributed by atoms with Crippen molar-refractivity contribution in [2.45, 2.75) is 18.2 Å². The van der Waals surface area contributed by atoms with Gasteiger partial charge in [-0.3, -0.25) is 4.79 Å². The third kappa shape index (κ3) is 2.56. The molecular weight excluding hydrogens is 280 g/mol. The normalized spacial score (nSPS) is 23.0.